The lowest BCUT2D eigenvalue weighted by Crippen LogP contribution is -2.45. The second-order valence-electron chi connectivity index (χ2n) is 6.42. The Bertz CT molecular complexity index is 466. The molecule has 0 aliphatic heterocycles. The zero-order valence-corrected chi connectivity index (χ0v) is 12.8. The number of hydrogen-bond donors (Lipinski definition) is 1. The first-order valence-electron chi connectivity index (χ1n) is 7.59. The molecule has 0 radical (unpaired) electrons. The second-order valence-corrected chi connectivity index (χ2v) is 6.42. The van der Waals surface area contributed by atoms with Crippen molar-refractivity contribution >= 4 is 5.91 Å². The summed E-state index contributed by atoms with van der Waals surface area (Å²) in [4.78, 5) is 14.5. The normalized spacial score (nSPS) is 16.2. The van der Waals surface area contributed by atoms with Crippen molar-refractivity contribution in [2.45, 2.75) is 58.7 Å². The van der Waals surface area contributed by atoms with Crippen LogP contribution in [0.5, 0.6) is 0 Å². The highest BCUT2D eigenvalue weighted by Gasteiger charge is 2.34. The molecule has 1 aromatic carbocycles. The van der Waals surface area contributed by atoms with Crippen molar-refractivity contribution < 1.29 is 4.79 Å². The van der Waals surface area contributed by atoms with Crippen LogP contribution in [-0.2, 0) is 11.3 Å². The molecule has 1 aliphatic carbocycles. The highest BCUT2D eigenvalue weighted by atomic mass is 16.2. The van der Waals surface area contributed by atoms with E-state index in [4.69, 9.17) is 5.73 Å². The Kier molecular flexibility index (Phi) is 4.81. The number of benzene rings is 1. The van der Waals surface area contributed by atoms with Crippen molar-refractivity contribution in [3.05, 3.63) is 35.4 Å². The molecule has 2 rings (SSSR count). The van der Waals surface area contributed by atoms with Gasteiger partial charge in [-0.2, -0.15) is 0 Å². The van der Waals surface area contributed by atoms with Crippen LogP contribution in [-0.4, -0.2) is 22.9 Å². The zero-order chi connectivity index (χ0) is 14.7. The summed E-state index contributed by atoms with van der Waals surface area (Å²) in [7, 11) is 0. The Balaban J connectivity index is 2.05. The first-order valence-corrected chi connectivity index (χ1v) is 7.59. The van der Waals surface area contributed by atoms with E-state index in [0.717, 1.165) is 19.3 Å². The molecule has 0 saturated heterocycles. The average molecular weight is 274 g/mol. The molecule has 1 atom stereocenters. The van der Waals surface area contributed by atoms with Crippen LogP contribution in [0, 0.1) is 12.8 Å². The van der Waals surface area contributed by atoms with E-state index in [-0.39, 0.29) is 11.9 Å². The Labute approximate surface area is 122 Å². The van der Waals surface area contributed by atoms with E-state index in [0.29, 0.717) is 18.5 Å². The van der Waals surface area contributed by atoms with E-state index in [9.17, 15) is 4.79 Å². The molecule has 3 nitrogen and oxygen atoms in total. The summed E-state index contributed by atoms with van der Waals surface area (Å²) in [6.45, 7) is 6.98. The van der Waals surface area contributed by atoms with Crippen LogP contribution in [0.1, 0.15) is 44.2 Å². The zero-order valence-electron chi connectivity index (χ0n) is 12.8. The van der Waals surface area contributed by atoms with Gasteiger partial charge in [-0.3, -0.25) is 4.79 Å². The molecule has 0 bridgehead atoms. The number of hydrogen-bond acceptors (Lipinski definition) is 2. The number of carbonyl (C=O) groups is 1. The van der Waals surface area contributed by atoms with Gasteiger partial charge >= 0.3 is 0 Å². The largest absolute Gasteiger partial charge is 0.334 e. The van der Waals surface area contributed by atoms with Crippen LogP contribution >= 0.6 is 0 Å². The Morgan fingerprint density at radius 3 is 2.65 bits per heavy atom. The Hall–Kier alpha value is -1.35. The van der Waals surface area contributed by atoms with Gasteiger partial charge in [-0.25, -0.2) is 0 Å². The molecule has 0 heterocycles. The summed E-state index contributed by atoms with van der Waals surface area (Å²) in [5.74, 6) is 0.566. The summed E-state index contributed by atoms with van der Waals surface area (Å²) in [6.07, 6.45) is 2.99. The van der Waals surface area contributed by atoms with Gasteiger partial charge in [0.2, 0.25) is 5.91 Å². The van der Waals surface area contributed by atoms with Gasteiger partial charge in [-0.15, -0.1) is 0 Å². The van der Waals surface area contributed by atoms with Gasteiger partial charge in [0, 0.05) is 12.6 Å². The molecule has 1 aromatic rings. The molecule has 2 N–H and O–H groups in total. The number of rotatable bonds is 6. The van der Waals surface area contributed by atoms with Gasteiger partial charge in [-0.05, 0) is 37.7 Å². The molecule has 0 unspecified atom stereocenters. The quantitative estimate of drug-likeness (QED) is 0.867. The lowest BCUT2D eigenvalue weighted by molar-refractivity contribution is -0.134. The number of nitrogens with zero attached hydrogens (tertiary/aromatic N) is 1. The SMILES string of the molecule is Cc1cccc(CN(C(=O)[C@@H](N)CC(C)C)C2CC2)c1. The van der Waals surface area contributed by atoms with Crippen LogP contribution in [0.25, 0.3) is 0 Å². The minimum absolute atomic E-state index is 0.114. The van der Waals surface area contributed by atoms with Crippen molar-refractivity contribution in [1.29, 1.82) is 0 Å². The molecule has 1 aliphatic rings. The smallest absolute Gasteiger partial charge is 0.240 e. The maximum atomic E-state index is 12.6. The molecule has 1 saturated carbocycles. The third-order valence-corrected chi connectivity index (χ3v) is 3.75. The molecule has 0 spiro atoms. The van der Waals surface area contributed by atoms with Gasteiger partial charge < -0.3 is 10.6 Å². The summed E-state index contributed by atoms with van der Waals surface area (Å²) < 4.78 is 0. The summed E-state index contributed by atoms with van der Waals surface area (Å²) in [6, 6.07) is 8.41. The predicted molar refractivity (Wildman–Crippen MR) is 82.2 cm³/mol. The van der Waals surface area contributed by atoms with Crippen LogP contribution in [0.15, 0.2) is 24.3 Å². The van der Waals surface area contributed by atoms with E-state index in [1.807, 2.05) is 11.0 Å². The fraction of sp³-hybridized carbons (Fsp3) is 0.588. The monoisotopic (exact) mass is 274 g/mol. The number of aryl methyl sites for hydroxylation is 1. The van der Waals surface area contributed by atoms with Crippen molar-refractivity contribution in [3.8, 4) is 0 Å². The molecular weight excluding hydrogens is 248 g/mol. The van der Waals surface area contributed by atoms with E-state index < -0.39 is 0 Å². The highest BCUT2D eigenvalue weighted by molar-refractivity contribution is 5.82. The molecule has 20 heavy (non-hydrogen) atoms. The van der Waals surface area contributed by atoms with Gasteiger partial charge in [-0.1, -0.05) is 43.7 Å². The van der Waals surface area contributed by atoms with Crippen LogP contribution < -0.4 is 5.73 Å². The fourth-order valence-electron chi connectivity index (χ4n) is 2.60. The molecule has 110 valence electrons. The van der Waals surface area contributed by atoms with Gasteiger partial charge in [0.05, 0.1) is 6.04 Å². The summed E-state index contributed by atoms with van der Waals surface area (Å²) in [5, 5.41) is 0. The molecule has 3 heteroatoms. The number of amides is 1. The summed E-state index contributed by atoms with van der Waals surface area (Å²) in [5.41, 5.74) is 8.51. The minimum atomic E-state index is -0.361. The van der Waals surface area contributed by atoms with E-state index in [1.165, 1.54) is 11.1 Å². The number of carbonyl (C=O) groups excluding carboxylic acids is 1. The topological polar surface area (TPSA) is 46.3 Å². The Morgan fingerprint density at radius 2 is 2.10 bits per heavy atom. The average Bonchev–Trinajstić information content (AvgIpc) is 3.18. The lowest BCUT2D eigenvalue weighted by atomic mass is 10.0. The molecule has 1 fully saturated rings. The van der Waals surface area contributed by atoms with Crippen molar-refractivity contribution in [2.24, 2.45) is 11.7 Å². The first kappa shape index (κ1) is 15.0. The van der Waals surface area contributed by atoms with Crippen LogP contribution in [0.4, 0.5) is 0 Å². The van der Waals surface area contributed by atoms with Gasteiger partial charge in [0.15, 0.2) is 0 Å². The predicted octanol–water partition coefficient (Wildman–Crippen LogP) is 2.86. The maximum absolute atomic E-state index is 12.6. The molecular formula is C17H26N2O. The van der Waals surface area contributed by atoms with Gasteiger partial charge in [0.25, 0.3) is 0 Å². The van der Waals surface area contributed by atoms with Crippen LogP contribution in [0.2, 0.25) is 0 Å². The first-order chi connectivity index (χ1) is 9.47. The lowest BCUT2D eigenvalue weighted by Gasteiger charge is -2.26. The standard InChI is InChI=1S/C17H26N2O/c1-12(2)9-16(18)17(20)19(15-7-8-15)11-14-6-4-5-13(3)10-14/h4-6,10,12,15-16H,7-9,11,18H2,1-3H3/t16-/m0/s1. The van der Waals surface area contributed by atoms with Crippen LogP contribution in [0.3, 0.4) is 0 Å². The molecule has 1 amide bonds. The maximum Gasteiger partial charge on any atom is 0.240 e. The van der Waals surface area contributed by atoms with Gasteiger partial charge in [0.1, 0.15) is 0 Å². The fourth-order valence-corrected chi connectivity index (χ4v) is 2.60. The van der Waals surface area contributed by atoms with E-state index in [2.05, 4.69) is 39.0 Å². The molecule has 0 aromatic heterocycles. The summed E-state index contributed by atoms with van der Waals surface area (Å²) >= 11 is 0. The van der Waals surface area contributed by atoms with E-state index >= 15 is 0 Å². The third kappa shape index (κ3) is 4.07. The highest BCUT2D eigenvalue weighted by Crippen LogP contribution is 2.29. The van der Waals surface area contributed by atoms with Crippen molar-refractivity contribution in [1.82, 2.24) is 4.90 Å². The van der Waals surface area contributed by atoms with E-state index in [1.54, 1.807) is 0 Å². The second kappa shape index (κ2) is 6.40. The minimum Gasteiger partial charge on any atom is -0.334 e. The number of nitrogens with two attached hydrogens (primary N) is 1. The third-order valence-electron chi connectivity index (χ3n) is 3.75. The van der Waals surface area contributed by atoms with Crippen molar-refractivity contribution in [2.75, 3.05) is 0 Å². The van der Waals surface area contributed by atoms with Crippen molar-refractivity contribution in [3.63, 3.8) is 0 Å². The Morgan fingerprint density at radius 1 is 1.40 bits per heavy atom.